The Morgan fingerprint density at radius 2 is 1.38 bits per heavy atom. The van der Waals surface area contributed by atoms with Crippen LogP contribution in [0.25, 0.3) is 5.57 Å². The van der Waals surface area contributed by atoms with E-state index in [2.05, 4.69) is 25.3 Å². The predicted molar refractivity (Wildman–Crippen MR) is 105 cm³/mol. The molecule has 4 nitrogen and oxygen atoms in total. The van der Waals surface area contributed by atoms with Gasteiger partial charge in [0.1, 0.15) is 0 Å². The fraction of sp³-hybridized carbons (Fsp3) is 0.0455. The summed E-state index contributed by atoms with van der Waals surface area (Å²) in [5, 5.41) is 7.51. The Labute approximate surface area is 154 Å². The van der Waals surface area contributed by atoms with E-state index in [1.54, 1.807) is 30.3 Å². The molecule has 0 aliphatic carbocycles. The topological polar surface area (TPSA) is 61.2 Å². The van der Waals surface area contributed by atoms with Gasteiger partial charge in [-0.3, -0.25) is 9.59 Å². The number of carbonyl (C=O) groups excluding carboxylic acids is 2. The molecule has 0 bridgehead atoms. The van der Waals surface area contributed by atoms with Gasteiger partial charge >= 0.3 is 0 Å². The van der Waals surface area contributed by atoms with Crippen LogP contribution in [0.5, 0.6) is 0 Å². The Hall–Kier alpha value is -3.71. The van der Waals surface area contributed by atoms with Crippen molar-refractivity contribution in [3.05, 3.63) is 97.6 Å². The summed E-state index contributed by atoms with van der Waals surface area (Å²) in [5.41, 5.74) is 2.95. The number of rotatable bonds is 2. The Morgan fingerprint density at radius 1 is 0.962 bits per heavy atom. The fourth-order valence-corrected chi connectivity index (χ4v) is 1.95. The summed E-state index contributed by atoms with van der Waals surface area (Å²) in [6.45, 7) is 8.95. The van der Waals surface area contributed by atoms with E-state index in [-0.39, 0.29) is 11.8 Å². The zero-order valence-corrected chi connectivity index (χ0v) is 14.6. The van der Waals surface area contributed by atoms with Crippen molar-refractivity contribution in [1.82, 2.24) is 0 Å². The summed E-state index contributed by atoms with van der Waals surface area (Å²) in [6.07, 6.45) is 3.73. The van der Waals surface area contributed by atoms with Crippen LogP contribution in [0.1, 0.15) is 12.5 Å². The molecule has 1 heterocycles. The van der Waals surface area contributed by atoms with Crippen LogP contribution in [-0.2, 0) is 9.59 Å². The second kappa shape index (κ2) is 11.0. The lowest BCUT2D eigenvalue weighted by Gasteiger charge is -2.12. The van der Waals surface area contributed by atoms with Gasteiger partial charge < -0.3 is 0 Å². The highest BCUT2D eigenvalue weighted by molar-refractivity contribution is 6.28. The lowest BCUT2D eigenvalue weighted by Crippen LogP contribution is -2.29. The molecule has 0 radical (unpaired) electrons. The number of benzene rings is 2. The van der Waals surface area contributed by atoms with Crippen LogP contribution in [-0.4, -0.2) is 11.8 Å². The van der Waals surface area contributed by atoms with E-state index in [9.17, 15) is 9.59 Å². The third-order valence-electron chi connectivity index (χ3n) is 3.18. The Kier molecular flexibility index (Phi) is 8.57. The molecule has 26 heavy (non-hydrogen) atoms. The molecule has 1 aliphatic rings. The molecule has 130 valence electrons. The van der Waals surface area contributed by atoms with Gasteiger partial charge in [-0.05, 0) is 24.6 Å². The van der Waals surface area contributed by atoms with E-state index in [0.29, 0.717) is 5.69 Å². The molecule has 2 aromatic carbocycles. The van der Waals surface area contributed by atoms with Crippen LogP contribution in [0.15, 0.2) is 92.0 Å². The van der Waals surface area contributed by atoms with Crippen LogP contribution < -0.4 is 4.90 Å². The number of allylic oxidation sites excluding steroid dienone is 2. The monoisotopic (exact) mass is 344 g/mol. The summed E-state index contributed by atoms with van der Waals surface area (Å²) in [6, 6.07) is 20.7. The minimum absolute atomic E-state index is 0.281. The molecule has 3 rings (SSSR count). The zero-order chi connectivity index (χ0) is 19.4. The number of anilines is 1. The maximum Gasteiger partial charge on any atom is 0.258 e. The third kappa shape index (κ3) is 6.42. The highest BCUT2D eigenvalue weighted by Crippen LogP contribution is 2.17. The predicted octanol–water partition coefficient (Wildman–Crippen LogP) is 4.53. The quantitative estimate of drug-likeness (QED) is 0.594. The van der Waals surface area contributed by atoms with Crippen LogP contribution in [0.3, 0.4) is 0 Å². The lowest BCUT2D eigenvalue weighted by molar-refractivity contribution is -0.119. The van der Waals surface area contributed by atoms with Gasteiger partial charge in [0.2, 0.25) is 0 Å². The van der Waals surface area contributed by atoms with Gasteiger partial charge in [-0.1, -0.05) is 67.3 Å². The van der Waals surface area contributed by atoms with Gasteiger partial charge in [0.15, 0.2) is 0 Å². The smallest absolute Gasteiger partial charge is 0.258 e. The minimum atomic E-state index is -0.281. The highest BCUT2D eigenvalue weighted by Gasteiger charge is 2.24. The molecule has 0 fully saturated rings. The number of hydrogen-bond donors (Lipinski definition) is 0. The minimum Gasteiger partial charge on any atom is -0.269 e. The zero-order valence-electron chi connectivity index (χ0n) is 14.6. The molecule has 0 aromatic heterocycles. The Bertz CT molecular complexity index is 813. The first kappa shape index (κ1) is 20.3. The normalized spacial score (nSPS) is 11.5. The third-order valence-corrected chi connectivity index (χ3v) is 3.18. The first-order valence-corrected chi connectivity index (χ1v) is 7.84. The number of nitriles is 1. The molecular weight excluding hydrogens is 324 g/mol. The average Bonchev–Trinajstić information content (AvgIpc) is 3.02. The lowest BCUT2D eigenvalue weighted by atomic mass is 10.1. The van der Waals surface area contributed by atoms with Crippen molar-refractivity contribution < 1.29 is 9.59 Å². The molecule has 2 amide bonds. The van der Waals surface area contributed by atoms with Crippen LogP contribution in [0.2, 0.25) is 0 Å². The van der Waals surface area contributed by atoms with Gasteiger partial charge in [0.25, 0.3) is 11.8 Å². The maximum absolute atomic E-state index is 11.2. The van der Waals surface area contributed by atoms with Crippen molar-refractivity contribution >= 4 is 23.1 Å². The summed E-state index contributed by atoms with van der Waals surface area (Å²) in [5.74, 6) is -0.563. The van der Waals surface area contributed by atoms with Crippen molar-refractivity contribution in [2.24, 2.45) is 0 Å². The Morgan fingerprint density at radius 3 is 1.73 bits per heavy atom. The van der Waals surface area contributed by atoms with Gasteiger partial charge in [-0.15, -0.1) is 0 Å². The van der Waals surface area contributed by atoms with Gasteiger partial charge in [-0.2, -0.15) is 5.26 Å². The number of carbonyl (C=O) groups is 2. The Balaban J connectivity index is 0.000000227. The number of para-hydroxylation sites is 1. The van der Waals surface area contributed by atoms with Gasteiger partial charge in [-0.25, -0.2) is 4.90 Å². The molecule has 0 atom stereocenters. The second-order valence-corrected chi connectivity index (χ2v) is 5.16. The van der Waals surface area contributed by atoms with Crippen LogP contribution in [0, 0.1) is 11.3 Å². The van der Waals surface area contributed by atoms with E-state index in [4.69, 9.17) is 5.26 Å². The van der Waals surface area contributed by atoms with Crippen molar-refractivity contribution in [2.75, 3.05) is 4.90 Å². The molecule has 0 saturated heterocycles. The maximum atomic E-state index is 11.2. The molecule has 0 unspecified atom stereocenters. The van der Waals surface area contributed by atoms with E-state index in [1.807, 2.05) is 31.2 Å². The standard InChI is InChI=1S/C10H7NO2.C9H10.C3H3N/c12-9-6-7-10(13)11(9)8-4-2-1-3-5-8;1-8(2)9-6-4-3-5-7-9;1-2-3-4/h1-7H;3-7H,1H2,2H3;2H,1H2. The summed E-state index contributed by atoms with van der Waals surface area (Å²) < 4.78 is 0. The van der Waals surface area contributed by atoms with Gasteiger partial charge in [0.05, 0.1) is 11.8 Å². The number of nitrogens with zero attached hydrogens (tertiary/aromatic N) is 2. The molecule has 1 aliphatic heterocycles. The highest BCUT2D eigenvalue weighted by atomic mass is 16.2. The summed E-state index contributed by atoms with van der Waals surface area (Å²) in [7, 11) is 0. The van der Waals surface area contributed by atoms with Gasteiger partial charge in [0, 0.05) is 18.2 Å². The first-order valence-electron chi connectivity index (χ1n) is 7.84. The second-order valence-electron chi connectivity index (χ2n) is 5.16. The van der Waals surface area contributed by atoms with E-state index >= 15 is 0 Å². The van der Waals surface area contributed by atoms with Crippen molar-refractivity contribution in [2.45, 2.75) is 6.92 Å². The SMILES string of the molecule is C=C(C)c1ccccc1.C=CC#N.O=C1C=CC(=O)N1c1ccccc1. The molecule has 0 saturated carbocycles. The van der Waals surface area contributed by atoms with Crippen molar-refractivity contribution in [3.8, 4) is 6.07 Å². The van der Waals surface area contributed by atoms with Crippen molar-refractivity contribution in [1.29, 1.82) is 5.26 Å². The number of imide groups is 1. The number of hydrogen-bond acceptors (Lipinski definition) is 3. The van der Waals surface area contributed by atoms with Crippen LogP contribution in [0.4, 0.5) is 5.69 Å². The first-order chi connectivity index (χ1) is 12.5. The largest absolute Gasteiger partial charge is 0.269 e. The molecular formula is C22H20N2O2. The fourth-order valence-electron chi connectivity index (χ4n) is 1.95. The molecule has 2 aromatic rings. The average molecular weight is 344 g/mol. The molecule has 4 heteroatoms. The van der Waals surface area contributed by atoms with E-state index < -0.39 is 0 Å². The van der Waals surface area contributed by atoms with E-state index in [1.165, 1.54) is 23.8 Å². The van der Waals surface area contributed by atoms with Crippen LogP contribution >= 0.6 is 0 Å². The number of amides is 2. The molecule has 0 spiro atoms. The molecule has 0 N–H and O–H groups in total. The summed E-state index contributed by atoms with van der Waals surface area (Å²) >= 11 is 0. The van der Waals surface area contributed by atoms with Crippen molar-refractivity contribution in [3.63, 3.8) is 0 Å². The van der Waals surface area contributed by atoms with E-state index in [0.717, 1.165) is 10.5 Å². The summed E-state index contributed by atoms with van der Waals surface area (Å²) in [4.78, 5) is 23.5.